The zero-order chi connectivity index (χ0) is 11.8. The fourth-order valence-electron chi connectivity index (χ4n) is 2.88. The number of nitrogens with one attached hydrogen (secondary N) is 1. The summed E-state index contributed by atoms with van der Waals surface area (Å²) < 4.78 is 0. The summed E-state index contributed by atoms with van der Waals surface area (Å²) >= 11 is 5.98. The van der Waals surface area contributed by atoms with E-state index >= 15 is 0 Å². The van der Waals surface area contributed by atoms with Crippen molar-refractivity contribution in [3.8, 4) is 0 Å². The van der Waals surface area contributed by atoms with Crippen molar-refractivity contribution in [2.24, 2.45) is 11.3 Å². The molecule has 0 aromatic heterocycles. The Morgan fingerprint density at radius 2 is 2.06 bits per heavy atom. The summed E-state index contributed by atoms with van der Waals surface area (Å²) in [7, 11) is 0. The van der Waals surface area contributed by atoms with Gasteiger partial charge in [0.1, 0.15) is 0 Å². The summed E-state index contributed by atoms with van der Waals surface area (Å²) in [6.45, 7) is 7.03. The van der Waals surface area contributed by atoms with Gasteiger partial charge in [-0.25, -0.2) is 0 Å². The summed E-state index contributed by atoms with van der Waals surface area (Å²) in [5.74, 6) is 0.731. The van der Waals surface area contributed by atoms with Gasteiger partial charge in [0.25, 0.3) is 0 Å². The first-order valence-corrected chi connectivity index (χ1v) is 6.36. The molecule has 0 amide bonds. The third-order valence-corrected chi connectivity index (χ3v) is 3.75. The molecule has 2 atom stereocenters. The Kier molecular flexibility index (Phi) is 3.16. The van der Waals surface area contributed by atoms with Crippen molar-refractivity contribution in [1.29, 1.82) is 0 Å². The second-order valence-electron chi connectivity index (χ2n) is 5.81. The van der Waals surface area contributed by atoms with Gasteiger partial charge in [-0.2, -0.15) is 0 Å². The molecule has 16 heavy (non-hydrogen) atoms. The molecular weight excluding hydrogens is 218 g/mol. The monoisotopic (exact) mass is 237 g/mol. The van der Waals surface area contributed by atoms with E-state index in [9.17, 15) is 0 Å². The Morgan fingerprint density at radius 3 is 2.62 bits per heavy atom. The molecule has 0 aliphatic heterocycles. The van der Waals surface area contributed by atoms with E-state index in [-0.39, 0.29) is 0 Å². The molecule has 1 aliphatic carbocycles. The lowest BCUT2D eigenvalue weighted by molar-refractivity contribution is 0.366. The molecule has 2 heteroatoms. The van der Waals surface area contributed by atoms with Crippen molar-refractivity contribution in [1.82, 2.24) is 0 Å². The summed E-state index contributed by atoms with van der Waals surface area (Å²) in [6, 6.07) is 8.57. The highest BCUT2D eigenvalue weighted by atomic mass is 35.5. The smallest absolute Gasteiger partial charge is 0.0426 e. The van der Waals surface area contributed by atoms with E-state index in [2.05, 4.69) is 32.2 Å². The Labute approximate surface area is 103 Å². The van der Waals surface area contributed by atoms with Gasteiger partial charge in [-0.1, -0.05) is 38.4 Å². The van der Waals surface area contributed by atoms with Gasteiger partial charge in [0.15, 0.2) is 0 Å². The van der Waals surface area contributed by atoms with Crippen molar-refractivity contribution in [3.63, 3.8) is 0 Å². The van der Waals surface area contributed by atoms with Gasteiger partial charge in [0.2, 0.25) is 0 Å². The second-order valence-corrected chi connectivity index (χ2v) is 6.25. The third kappa shape index (κ3) is 2.70. The van der Waals surface area contributed by atoms with E-state index in [4.69, 9.17) is 11.6 Å². The predicted octanol–water partition coefficient (Wildman–Crippen LogP) is 4.58. The summed E-state index contributed by atoms with van der Waals surface area (Å²) in [4.78, 5) is 0. The van der Waals surface area contributed by atoms with Crippen molar-refractivity contribution in [3.05, 3.63) is 29.3 Å². The molecule has 0 heterocycles. The average molecular weight is 238 g/mol. The van der Waals surface area contributed by atoms with Gasteiger partial charge in [0, 0.05) is 16.8 Å². The average Bonchev–Trinajstić information content (AvgIpc) is 2.39. The van der Waals surface area contributed by atoms with Gasteiger partial charge in [0.05, 0.1) is 0 Å². The van der Waals surface area contributed by atoms with Crippen LogP contribution in [-0.4, -0.2) is 6.04 Å². The molecule has 2 rings (SSSR count). The van der Waals surface area contributed by atoms with Gasteiger partial charge < -0.3 is 5.32 Å². The molecule has 88 valence electrons. The Morgan fingerprint density at radius 1 is 1.31 bits per heavy atom. The van der Waals surface area contributed by atoms with E-state index in [1.165, 1.54) is 12.8 Å². The molecule has 1 saturated carbocycles. The maximum absolute atomic E-state index is 5.98. The number of benzene rings is 1. The van der Waals surface area contributed by atoms with Crippen LogP contribution >= 0.6 is 11.6 Å². The largest absolute Gasteiger partial charge is 0.382 e. The summed E-state index contributed by atoms with van der Waals surface area (Å²) in [5.41, 5.74) is 1.61. The van der Waals surface area contributed by atoms with Crippen LogP contribution in [0.4, 0.5) is 5.69 Å². The molecule has 1 aliphatic rings. The summed E-state index contributed by atoms with van der Waals surface area (Å²) in [5, 5.41) is 4.40. The van der Waals surface area contributed by atoms with Crippen molar-refractivity contribution < 1.29 is 0 Å². The van der Waals surface area contributed by atoms with Crippen LogP contribution in [0, 0.1) is 11.3 Å². The lowest BCUT2D eigenvalue weighted by Gasteiger charge is -2.19. The first kappa shape index (κ1) is 11.8. The van der Waals surface area contributed by atoms with Crippen LogP contribution in [0.2, 0.25) is 5.02 Å². The van der Waals surface area contributed by atoms with Crippen LogP contribution < -0.4 is 5.32 Å². The van der Waals surface area contributed by atoms with Crippen LogP contribution in [-0.2, 0) is 0 Å². The van der Waals surface area contributed by atoms with Gasteiger partial charge in [-0.15, -0.1) is 0 Å². The van der Waals surface area contributed by atoms with Gasteiger partial charge in [-0.3, -0.25) is 0 Å². The normalized spacial score (nSPS) is 28.0. The summed E-state index contributed by atoms with van der Waals surface area (Å²) in [6.07, 6.45) is 2.53. The van der Waals surface area contributed by atoms with Crippen molar-refractivity contribution in [2.75, 3.05) is 5.32 Å². The van der Waals surface area contributed by atoms with Gasteiger partial charge >= 0.3 is 0 Å². The standard InChI is InChI=1S/C14H20ClN/c1-10-8-14(2,3)9-13(10)16-12-6-4-5-11(15)7-12/h4-7,10,13,16H,8-9H2,1-3H3. The molecule has 0 saturated heterocycles. The predicted molar refractivity (Wildman–Crippen MR) is 71.0 cm³/mol. The Bertz CT molecular complexity index is 373. The molecular formula is C14H20ClN. The van der Waals surface area contributed by atoms with E-state index < -0.39 is 0 Å². The number of halogens is 1. The minimum atomic E-state index is 0.468. The first-order chi connectivity index (χ1) is 7.46. The fourth-order valence-corrected chi connectivity index (χ4v) is 3.07. The third-order valence-electron chi connectivity index (χ3n) is 3.51. The Hall–Kier alpha value is -0.690. The van der Waals surface area contributed by atoms with Gasteiger partial charge in [-0.05, 0) is 42.4 Å². The lowest BCUT2D eigenvalue weighted by atomic mass is 9.91. The zero-order valence-electron chi connectivity index (χ0n) is 10.3. The highest BCUT2D eigenvalue weighted by Gasteiger charge is 2.36. The number of hydrogen-bond donors (Lipinski definition) is 1. The van der Waals surface area contributed by atoms with Crippen molar-refractivity contribution in [2.45, 2.75) is 39.7 Å². The van der Waals surface area contributed by atoms with E-state index in [1.54, 1.807) is 0 Å². The topological polar surface area (TPSA) is 12.0 Å². The van der Waals surface area contributed by atoms with Crippen LogP contribution in [0.1, 0.15) is 33.6 Å². The first-order valence-electron chi connectivity index (χ1n) is 5.98. The van der Waals surface area contributed by atoms with Crippen molar-refractivity contribution >= 4 is 17.3 Å². The van der Waals surface area contributed by atoms with Crippen LogP contribution in [0.15, 0.2) is 24.3 Å². The maximum atomic E-state index is 5.98. The minimum absolute atomic E-state index is 0.468. The molecule has 0 bridgehead atoms. The molecule has 1 nitrogen and oxygen atoms in total. The highest BCUT2D eigenvalue weighted by molar-refractivity contribution is 6.30. The lowest BCUT2D eigenvalue weighted by Crippen LogP contribution is -2.22. The van der Waals surface area contributed by atoms with Crippen LogP contribution in [0.3, 0.4) is 0 Å². The molecule has 1 aromatic rings. The number of hydrogen-bond acceptors (Lipinski definition) is 1. The fraction of sp³-hybridized carbons (Fsp3) is 0.571. The van der Waals surface area contributed by atoms with Crippen LogP contribution in [0.25, 0.3) is 0 Å². The molecule has 0 spiro atoms. The van der Waals surface area contributed by atoms with E-state index in [0.29, 0.717) is 11.5 Å². The molecule has 1 aromatic carbocycles. The molecule has 1 fully saturated rings. The SMILES string of the molecule is CC1CC(C)(C)CC1Nc1cccc(Cl)c1. The van der Waals surface area contributed by atoms with E-state index in [0.717, 1.165) is 16.6 Å². The quantitative estimate of drug-likeness (QED) is 0.794. The highest BCUT2D eigenvalue weighted by Crippen LogP contribution is 2.42. The molecule has 0 radical (unpaired) electrons. The maximum Gasteiger partial charge on any atom is 0.0426 e. The second kappa shape index (κ2) is 4.29. The molecule has 1 N–H and O–H groups in total. The zero-order valence-corrected chi connectivity index (χ0v) is 11.0. The number of rotatable bonds is 2. The molecule has 2 unspecified atom stereocenters. The van der Waals surface area contributed by atoms with Crippen LogP contribution in [0.5, 0.6) is 0 Å². The van der Waals surface area contributed by atoms with E-state index in [1.807, 2.05) is 18.2 Å². The minimum Gasteiger partial charge on any atom is -0.382 e. The number of anilines is 1. The Balaban J connectivity index is 2.06.